The first-order valence-electron chi connectivity index (χ1n) is 10.3. The lowest BCUT2D eigenvalue weighted by molar-refractivity contribution is 0.0842. The van der Waals surface area contributed by atoms with Gasteiger partial charge in [-0.3, -0.25) is 4.79 Å². The topological polar surface area (TPSA) is 67.9 Å². The molecule has 4 atom stereocenters. The number of fused-ring (bicyclic) bond motifs is 3. The standard InChI is InChI=1S/C27H18IN3O/c28-21-12-13-22-20(15-21)11-14-24-27(17-30,26(32)19-9-5-2-6-10-19)25(23(16-29)31(22)24)18-7-3-1-4-8-18/h1-15,23-25H/t23-,24+,25+,27+/m1/s1. The molecule has 0 bridgehead atoms. The molecule has 0 amide bonds. The highest BCUT2D eigenvalue weighted by Crippen LogP contribution is 2.56. The molecule has 0 spiro atoms. The van der Waals surface area contributed by atoms with E-state index in [1.807, 2.05) is 65.6 Å². The van der Waals surface area contributed by atoms with Crippen molar-refractivity contribution in [2.75, 3.05) is 4.90 Å². The number of hydrogen-bond acceptors (Lipinski definition) is 4. The molecule has 2 aliphatic rings. The number of ketones is 1. The van der Waals surface area contributed by atoms with Crippen LogP contribution in [0, 0.1) is 31.6 Å². The number of nitriles is 2. The van der Waals surface area contributed by atoms with Crippen molar-refractivity contribution in [3.05, 3.63) is 105 Å². The van der Waals surface area contributed by atoms with Crippen LogP contribution in [0.15, 0.2) is 84.9 Å². The van der Waals surface area contributed by atoms with Gasteiger partial charge in [0, 0.05) is 20.7 Å². The Bertz CT molecular complexity index is 1310. The summed E-state index contributed by atoms with van der Waals surface area (Å²) in [5.41, 5.74) is 1.72. The lowest BCUT2D eigenvalue weighted by atomic mass is 9.65. The minimum atomic E-state index is -1.44. The van der Waals surface area contributed by atoms with Crippen LogP contribution in [0.25, 0.3) is 6.08 Å². The maximum absolute atomic E-state index is 14.1. The van der Waals surface area contributed by atoms with Crippen molar-refractivity contribution in [3.8, 4) is 12.1 Å². The van der Waals surface area contributed by atoms with Crippen molar-refractivity contribution in [1.29, 1.82) is 10.5 Å². The molecular formula is C27H18IN3O. The molecule has 3 aromatic rings. The predicted octanol–water partition coefficient (Wildman–Crippen LogP) is 5.58. The zero-order valence-electron chi connectivity index (χ0n) is 17.0. The van der Waals surface area contributed by atoms with Crippen molar-refractivity contribution >= 4 is 40.1 Å². The van der Waals surface area contributed by atoms with Crippen LogP contribution < -0.4 is 4.90 Å². The van der Waals surface area contributed by atoms with Gasteiger partial charge in [-0.1, -0.05) is 72.8 Å². The van der Waals surface area contributed by atoms with Gasteiger partial charge < -0.3 is 4.90 Å². The fourth-order valence-corrected chi connectivity index (χ4v) is 5.67. The van der Waals surface area contributed by atoms with E-state index in [2.05, 4.69) is 40.8 Å². The van der Waals surface area contributed by atoms with Crippen LogP contribution >= 0.6 is 22.6 Å². The third kappa shape index (κ3) is 2.89. The van der Waals surface area contributed by atoms with Crippen molar-refractivity contribution < 1.29 is 4.79 Å². The average Bonchev–Trinajstić information content (AvgIpc) is 3.15. The summed E-state index contributed by atoms with van der Waals surface area (Å²) in [7, 11) is 0. The van der Waals surface area contributed by atoms with Gasteiger partial charge in [-0.25, -0.2) is 0 Å². The molecule has 0 aliphatic carbocycles. The minimum Gasteiger partial charge on any atom is -0.346 e. The number of benzene rings is 3. The van der Waals surface area contributed by atoms with Gasteiger partial charge in [0.15, 0.2) is 11.2 Å². The van der Waals surface area contributed by atoms with Crippen LogP contribution in [0.3, 0.4) is 0 Å². The van der Waals surface area contributed by atoms with Gasteiger partial charge >= 0.3 is 0 Å². The Kier molecular flexibility index (Phi) is 5.07. The molecule has 0 saturated carbocycles. The summed E-state index contributed by atoms with van der Waals surface area (Å²) >= 11 is 2.26. The van der Waals surface area contributed by atoms with E-state index < -0.39 is 23.4 Å². The van der Waals surface area contributed by atoms with E-state index in [0.29, 0.717) is 5.56 Å². The first kappa shape index (κ1) is 20.5. The fraction of sp³-hybridized carbons (Fsp3) is 0.148. The van der Waals surface area contributed by atoms with Gasteiger partial charge in [0.25, 0.3) is 0 Å². The Morgan fingerprint density at radius 3 is 2.31 bits per heavy atom. The number of Topliss-reactive ketones (excluding diaryl/α,β-unsaturated/α-hetero) is 1. The zero-order chi connectivity index (χ0) is 22.3. The fourth-order valence-electron chi connectivity index (χ4n) is 5.15. The second kappa shape index (κ2) is 7.93. The predicted molar refractivity (Wildman–Crippen MR) is 132 cm³/mol. The Morgan fingerprint density at radius 1 is 0.969 bits per heavy atom. The monoisotopic (exact) mass is 527 g/mol. The second-order valence-electron chi connectivity index (χ2n) is 8.05. The number of halogens is 1. The number of hydrogen-bond donors (Lipinski definition) is 0. The van der Waals surface area contributed by atoms with Crippen molar-refractivity contribution in [3.63, 3.8) is 0 Å². The van der Waals surface area contributed by atoms with Crippen LogP contribution in [0.4, 0.5) is 5.69 Å². The SMILES string of the molecule is N#C[C@@H]1[C@H](c2ccccc2)[C@@](C#N)(C(=O)c2ccccc2)[C@@H]2C=Cc3cc(I)ccc3N12. The zero-order valence-corrected chi connectivity index (χ0v) is 19.2. The molecule has 4 nitrogen and oxygen atoms in total. The van der Waals surface area contributed by atoms with Gasteiger partial charge in [0.2, 0.25) is 0 Å². The largest absolute Gasteiger partial charge is 0.346 e. The molecular weight excluding hydrogens is 509 g/mol. The van der Waals surface area contributed by atoms with Crippen molar-refractivity contribution in [1.82, 2.24) is 0 Å². The van der Waals surface area contributed by atoms with E-state index in [4.69, 9.17) is 0 Å². The quantitative estimate of drug-likeness (QED) is 0.330. The van der Waals surface area contributed by atoms with E-state index >= 15 is 0 Å². The number of carbonyl (C=O) groups excluding carboxylic acids is 1. The molecule has 0 N–H and O–H groups in total. The molecule has 5 rings (SSSR count). The van der Waals surface area contributed by atoms with E-state index in [9.17, 15) is 15.3 Å². The first-order chi connectivity index (χ1) is 15.6. The maximum Gasteiger partial charge on any atom is 0.186 e. The summed E-state index contributed by atoms with van der Waals surface area (Å²) in [6, 6.07) is 28.2. The molecule has 1 fully saturated rings. The summed E-state index contributed by atoms with van der Waals surface area (Å²) in [5.74, 6) is -0.855. The molecule has 1 saturated heterocycles. The maximum atomic E-state index is 14.1. The summed E-state index contributed by atoms with van der Waals surface area (Å²) in [4.78, 5) is 16.1. The van der Waals surface area contributed by atoms with Crippen LogP contribution in [-0.4, -0.2) is 17.9 Å². The number of nitrogens with zero attached hydrogens (tertiary/aromatic N) is 3. The molecule has 0 radical (unpaired) electrons. The van der Waals surface area contributed by atoms with Crippen LogP contribution in [0.2, 0.25) is 0 Å². The Hall–Kier alpha value is -3.42. The summed E-state index contributed by atoms with van der Waals surface area (Å²) < 4.78 is 1.09. The van der Waals surface area contributed by atoms with E-state index in [0.717, 1.165) is 20.4 Å². The Labute approximate surface area is 200 Å². The number of rotatable bonds is 3. The minimum absolute atomic E-state index is 0.249. The lowest BCUT2D eigenvalue weighted by Gasteiger charge is -2.36. The lowest BCUT2D eigenvalue weighted by Crippen LogP contribution is -2.45. The third-order valence-electron chi connectivity index (χ3n) is 6.49. The molecule has 2 heterocycles. The molecule has 0 aromatic heterocycles. The molecule has 32 heavy (non-hydrogen) atoms. The number of carbonyl (C=O) groups is 1. The number of anilines is 1. The summed E-state index contributed by atoms with van der Waals surface area (Å²) in [6.07, 6.45) is 3.90. The molecule has 0 unspecified atom stereocenters. The highest BCUT2D eigenvalue weighted by Gasteiger charge is 2.64. The van der Waals surface area contributed by atoms with Crippen molar-refractivity contribution in [2.24, 2.45) is 5.41 Å². The van der Waals surface area contributed by atoms with Crippen LogP contribution in [-0.2, 0) is 0 Å². The highest BCUT2D eigenvalue weighted by molar-refractivity contribution is 14.1. The molecule has 154 valence electrons. The molecule has 5 heteroatoms. The molecule has 2 aliphatic heterocycles. The van der Waals surface area contributed by atoms with Gasteiger partial charge in [0.05, 0.1) is 18.2 Å². The van der Waals surface area contributed by atoms with Gasteiger partial charge in [-0.15, -0.1) is 0 Å². The smallest absolute Gasteiger partial charge is 0.186 e. The normalized spacial score (nSPS) is 25.3. The van der Waals surface area contributed by atoms with E-state index in [1.54, 1.807) is 24.3 Å². The Balaban J connectivity index is 1.79. The van der Waals surface area contributed by atoms with E-state index in [1.165, 1.54) is 0 Å². The Morgan fingerprint density at radius 2 is 1.66 bits per heavy atom. The van der Waals surface area contributed by atoms with Gasteiger partial charge in [0.1, 0.15) is 6.04 Å². The van der Waals surface area contributed by atoms with Crippen LogP contribution in [0.1, 0.15) is 27.4 Å². The third-order valence-corrected chi connectivity index (χ3v) is 7.16. The van der Waals surface area contributed by atoms with E-state index in [-0.39, 0.29) is 5.78 Å². The molecule has 3 aromatic carbocycles. The summed E-state index contributed by atoms with van der Waals surface area (Å²) in [6.45, 7) is 0. The van der Waals surface area contributed by atoms with Gasteiger partial charge in [-0.2, -0.15) is 10.5 Å². The van der Waals surface area contributed by atoms with Gasteiger partial charge in [-0.05, 0) is 51.9 Å². The average molecular weight is 527 g/mol. The first-order valence-corrected chi connectivity index (χ1v) is 11.4. The van der Waals surface area contributed by atoms with Crippen LogP contribution in [0.5, 0.6) is 0 Å². The summed E-state index contributed by atoms with van der Waals surface area (Å²) in [5, 5.41) is 21.0. The highest BCUT2D eigenvalue weighted by atomic mass is 127. The van der Waals surface area contributed by atoms with Crippen molar-refractivity contribution in [2.45, 2.75) is 18.0 Å². The second-order valence-corrected chi connectivity index (χ2v) is 9.30.